The van der Waals surface area contributed by atoms with Crippen LogP contribution >= 0.6 is 43.5 Å². The predicted octanol–water partition coefficient (Wildman–Crippen LogP) is 5.37. The molecule has 2 heterocycles. The van der Waals surface area contributed by atoms with Crippen LogP contribution in [0.1, 0.15) is 32.6 Å². The summed E-state index contributed by atoms with van der Waals surface area (Å²) in [7, 11) is 0. The highest BCUT2D eigenvalue weighted by molar-refractivity contribution is 9.10. The van der Waals surface area contributed by atoms with Crippen molar-refractivity contribution in [3.8, 4) is 0 Å². The predicted molar refractivity (Wildman–Crippen MR) is 112 cm³/mol. The lowest BCUT2D eigenvalue weighted by atomic mass is 10.0. The number of nitrogens with zero attached hydrogens (tertiary/aromatic N) is 1. The van der Waals surface area contributed by atoms with Gasteiger partial charge >= 0.3 is 5.91 Å². The molecule has 1 aliphatic heterocycles. The first-order valence-electron chi connectivity index (χ1n) is 8.14. The van der Waals surface area contributed by atoms with Crippen molar-refractivity contribution in [1.82, 2.24) is 10.4 Å². The van der Waals surface area contributed by atoms with Gasteiger partial charge in [0.1, 0.15) is 6.17 Å². The van der Waals surface area contributed by atoms with E-state index in [0.717, 1.165) is 10.0 Å². The van der Waals surface area contributed by atoms with Crippen LogP contribution < -0.4 is 10.7 Å². The second-order valence-corrected chi connectivity index (χ2v) is 8.14. The Morgan fingerprint density at radius 1 is 1.11 bits per heavy atom. The highest BCUT2D eigenvalue weighted by Crippen LogP contribution is 2.34. The maximum absolute atomic E-state index is 13.2. The Bertz CT molecular complexity index is 1070. The number of nitrogens with one attached hydrogen (secondary N) is 2. The number of carbonyl (C=O) groups is 2. The van der Waals surface area contributed by atoms with Crippen molar-refractivity contribution in [3.05, 3.63) is 85.6 Å². The van der Waals surface area contributed by atoms with Gasteiger partial charge in [-0.1, -0.05) is 39.7 Å². The Kier molecular flexibility index (Phi) is 5.18. The van der Waals surface area contributed by atoms with Crippen LogP contribution in [0.5, 0.6) is 0 Å². The van der Waals surface area contributed by atoms with E-state index in [1.807, 2.05) is 12.1 Å². The smallest absolute Gasteiger partial charge is 0.305 e. The minimum atomic E-state index is -0.624. The third kappa shape index (κ3) is 3.67. The number of hydrogen-bond acceptors (Lipinski definition) is 4. The van der Waals surface area contributed by atoms with Crippen molar-refractivity contribution < 1.29 is 14.0 Å². The van der Waals surface area contributed by atoms with Crippen LogP contribution in [0, 0.1) is 0 Å². The number of benzene rings is 2. The highest BCUT2D eigenvalue weighted by atomic mass is 79.9. The minimum Gasteiger partial charge on any atom is -0.444 e. The molecule has 2 amide bonds. The SMILES string of the molecule is O=C(NN1C(=O)c2cc(Br)ccc2NC1c1ccc(Cl)cc1)c1ccc(Br)o1. The van der Waals surface area contributed by atoms with Crippen LogP contribution in [0.4, 0.5) is 5.69 Å². The van der Waals surface area contributed by atoms with Gasteiger partial charge in [0.15, 0.2) is 10.4 Å². The van der Waals surface area contributed by atoms with E-state index in [9.17, 15) is 9.59 Å². The maximum Gasteiger partial charge on any atom is 0.305 e. The molecule has 6 nitrogen and oxygen atoms in total. The largest absolute Gasteiger partial charge is 0.444 e. The van der Waals surface area contributed by atoms with Gasteiger partial charge < -0.3 is 9.73 Å². The molecule has 0 saturated heterocycles. The van der Waals surface area contributed by atoms with Gasteiger partial charge in [0.2, 0.25) is 0 Å². The van der Waals surface area contributed by atoms with Gasteiger partial charge in [0.25, 0.3) is 5.91 Å². The van der Waals surface area contributed by atoms with Crippen molar-refractivity contribution in [1.29, 1.82) is 0 Å². The van der Waals surface area contributed by atoms with E-state index in [0.29, 0.717) is 20.9 Å². The first-order valence-corrected chi connectivity index (χ1v) is 10.1. The lowest BCUT2D eigenvalue weighted by molar-refractivity contribution is 0.0479. The molecule has 28 heavy (non-hydrogen) atoms. The summed E-state index contributed by atoms with van der Waals surface area (Å²) in [5.41, 5.74) is 4.50. The van der Waals surface area contributed by atoms with Gasteiger partial charge in [0.05, 0.1) is 5.56 Å². The molecule has 1 atom stereocenters. The highest BCUT2D eigenvalue weighted by Gasteiger charge is 2.35. The van der Waals surface area contributed by atoms with Gasteiger partial charge in [-0.05, 0) is 64.0 Å². The Morgan fingerprint density at radius 3 is 2.54 bits per heavy atom. The molecule has 1 aliphatic rings. The van der Waals surface area contributed by atoms with Crippen molar-refractivity contribution in [2.24, 2.45) is 0 Å². The molecule has 0 radical (unpaired) electrons. The molecule has 0 fully saturated rings. The molecule has 0 saturated carbocycles. The second kappa shape index (κ2) is 7.62. The zero-order valence-electron chi connectivity index (χ0n) is 14.1. The summed E-state index contributed by atoms with van der Waals surface area (Å²) >= 11 is 12.5. The summed E-state index contributed by atoms with van der Waals surface area (Å²) in [5.74, 6) is -0.818. The molecule has 142 valence electrons. The quantitative estimate of drug-likeness (QED) is 0.482. The average Bonchev–Trinajstić information content (AvgIpc) is 3.11. The summed E-state index contributed by atoms with van der Waals surface area (Å²) in [5, 5.41) is 5.11. The second-order valence-electron chi connectivity index (χ2n) is 6.01. The Labute approximate surface area is 182 Å². The monoisotopic (exact) mass is 523 g/mol. The average molecular weight is 526 g/mol. The van der Waals surface area contributed by atoms with Crippen LogP contribution in [-0.2, 0) is 0 Å². The fraction of sp³-hybridized carbons (Fsp3) is 0.0526. The van der Waals surface area contributed by atoms with Crippen LogP contribution in [0.3, 0.4) is 0 Å². The number of furan rings is 1. The molecule has 1 aromatic heterocycles. The Hall–Kier alpha value is -2.29. The fourth-order valence-electron chi connectivity index (χ4n) is 2.87. The van der Waals surface area contributed by atoms with Gasteiger partial charge in [-0.2, -0.15) is 0 Å². The van der Waals surface area contributed by atoms with Crippen molar-refractivity contribution in [3.63, 3.8) is 0 Å². The molecule has 2 N–H and O–H groups in total. The molecule has 3 aromatic rings. The van der Waals surface area contributed by atoms with E-state index < -0.39 is 12.1 Å². The van der Waals surface area contributed by atoms with E-state index in [2.05, 4.69) is 42.6 Å². The van der Waals surface area contributed by atoms with E-state index in [1.54, 1.807) is 36.4 Å². The Morgan fingerprint density at radius 2 is 1.86 bits per heavy atom. The zero-order chi connectivity index (χ0) is 19.8. The van der Waals surface area contributed by atoms with Crippen LogP contribution in [-0.4, -0.2) is 16.8 Å². The third-order valence-corrected chi connectivity index (χ3v) is 5.36. The molecule has 9 heteroatoms. The van der Waals surface area contributed by atoms with Crippen LogP contribution in [0.2, 0.25) is 5.02 Å². The van der Waals surface area contributed by atoms with Crippen LogP contribution in [0.15, 0.2) is 68.2 Å². The molecule has 1 unspecified atom stereocenters. The fourth-order valence-corrected chi connectivity index (χ4v) is 3.67. The first kappa shape index (κ1) is 19.0. The normalized spacial score (nSPS) is 15.8. The summed E-state index contributed by atoms with van der Waals surface area (Å²) in [6.45, 7) is 0. The topological polar surface area (TPSA) is 74.6 Å². The minimum absolute atomic E-state index is 0.0783. The Balaban J connectivity index is 1.73. The standard InChI is InChI=1S/C19H12Br2ClN3O3/c20-11-3-6-14-13(9-11)19(27)25(24-18(26)15-7-8-16(21)28-15)17(23-14)10-1-4-12(22)5-2-10/h1-9,17,23H,(H,24,26). The van der Waals surface area contributed by atoms with Crippen molar-refractivity contribution >= 4 is 61.0 Å². The summed E-state index contributed by atoms with van der Waals surface area (Å²) in [6, 6.07) is 15.5. The van der Waals surface area contributed by atoms with Gasteiger partial charge in [-0.25, -0.2) is 5.01 Å². The molecular weight excluding hydrogens is 513 g/mol. The van der Waals surface area contributed by atoms with E-state index in [-0.39, 0.29) is 11.7 Å². The van der Waals surface area contributed by atoms with Gasteiger partial charge in [0, 0.05) is 15.2 Å². The lowest BCUT2D eigenvalue weighted by Crippen LogP contribution is -2.52. The van der Waals surface area contributed by atoms with E-state index >= 15 is 0 Å². The molecule has 0 spiro atoms. The van der Waals surface area contributed by atoms with Crippen molar-refractivity contribution in [2.75, 3.05) is 5.32 Å². The number of hydrazine groups is 1. The van der Waals surface area contributed by atoms with E-state index in [1.165, 1.54) is 11.1 Å². The van der Waals surface area contributed by atoms with Gasteiger partial charge in [-0.3, -0.25) is 15.0 Å². The number of rotatable bonds is 3. The summed E-state index contributed by atoms with van der Waals surface area (Å²) in [4.78, 5) is 25.8. The zero-order valence-corrected chi connectivity index (χ0v) is 18.0. The number of halogens is 3. The molecular formula is C19H12Br2ClN3O3. The molecule has 2 aromatic carbocycles. The molecule has 0 bridgehead atoms. The summed E-state index contributed by atoms with van der Waals surface area (Å²) in [6.07, 6.45) is -0.624. The molecule has 0 aliphatic carbocycles. The number of hydrogen-bond donors (Lipinski definition) is 2. The number of amides is 2. The maximum atomic E-state index is 13.2. The van der Waals surface area contributed by atoms with Gasteiger partial charge in [-0.15, -0.1) is 0 Å². The number of anilines is 1. The van der Waals surface area contributed by atoms with Crippen molar-refractivity contribution in [2.45, 2.75) is 6.17 Å². The molecule has 4 rings (SSSR count). The van der Waals surface area contributed by atoms with E-state index in [4.69, 9.17) is 16.0 Å². The van der Waals surface area contributed by atoms with Crippen LogP contribution in [0.25, 0.3) is 0 Å². The third-order valence-electron chi connectivity index (χ3n) is 4.19. The first-order chi connectivity index (χ1) is 13.4. The lowest BCUT2D eigenvalue weighted by Gasteiger charge is -2.37. The summed E-state index contributed by atoms with van der Waals surface area (Å²) < 4.78 is 6.47. The number of carbonyl (C=O) groups excluding carboxylic acids is 2. The number of fused-ring (bicyclic) bond motifs is 1.